The average Bonchev–Trinajstić information content (AvgIpc) is 2.88. The van der Waals surface area contributed by atoms with Crippen LogP contribution in [0.25, 0.3) is 28.3 Å². The molecule has 0 radical (unpaired) electrons. The molecule has 0 amide bonds. The fourth-order valence-electron chi connectivity index (χ4n) is 3.96. The number of hydrogen-bond acceptors (Lipinski definition) is 1. The molecular weight excluding hydrogens is 452 g/mol. The molecule has 0 bridgehead atoms. The molecule has 0 unspecified atom stereocenters. The lowest BCUT2D eigenvalue weighted by Crippen LogP contribution is -2.02. The van der Waals surface area contributed by atoms with Gasteiger partial charge in [-0.3, -0.25) is 0 Å². The van der Waals surface area contributed by atoms with Crippen LogP contribution in [0, 0.1) is 23.3 Å². The van der Waals surface area contributed by atoms with Crippen LogP contribution in [0.2, 0.25) is 0 Å². The van der Waals surface area contributed by atoms with Crippen molar-refractivity contribution in [1.82, 2.24) is 0 Å². The fraction of sp³-hybridized carbons (Fsp3) is 0.133. The third kappa shape index (κ3) is 5.14. The second kappa shape index (κ2) is 10.6. The van der Waals surface area contributed by atoms with Crippen LogP contribution >= 0.6 is 0 Å². The lowest BCUT2D eigenvalue weighted by molar-refractivity contribution is 0.313. The zero-order valence-electron chi connectivity index (χ0n) is 19.3. The van der Waals surface area contributed by atoms with Gasteiger partial charge < -0.3 is 4.74 Å². The summed E-state index contributed by atoms with van der Waals surface area (Å²) in [6.45, 7) is 5.64. The average molecular weight is 477 g/mol. The summed E-state index contributed by atoms with van der Waals surface area (Å²) in [6, 6.07) is 20.0. The van der Waals surface area contributed by atoms with Gasteiger partial charge in [-0.15, -0.1) is 0 Å². The molecule has 4 rings (SSSR count). The maximum absolute atomic E-state index is 14.9. The molecule has 178 valence electrons. The molecule has 0 fully saturated rings. The molecule has 0 N–H and O–H groups in total. The minimum atomic E-state index is -0.989. The number of hydrogen-bond donors (Lipinski definition) is 0. The summed E-state index contributed by atoms with van der Waals surface area (Å²) in [5.74, 6) is -3.84. The molecular formula is C30H24F4O. The minimum absolute atomic E-state index is 0.104. The predicted molar refractivity (Wildman–Crippen MR) is 132 cm³/mol. The van der Waals surface area contributed by atoms with Crippen molar-refractivity contribution in [1.29, 1.82) is 0 Å². The monoisotopic (exact) mass is 476 g/mol. The molecule has 0 aliphatic carbocycles. The summed E-state index contributed by atoms with van der Waals surface area (Å²) in [6.07, 6.45) is 2.43. The highest BCUT2D eigenvalue weighted by atomic mass is 19.2. The van der Waals surface area contributed by atoms with Gasteiger partial charge in [-0.05, 0) is 53.6 Å². The van der Waals surface area contributed by atoms with Crippen LogP contribution in [0.15, 0.2) is 79.4 Å². The van der Waals surface area contributed by atoms with Gasteiger partial charge in [0.2, 0.25) is 5.82 Å². The first-order valence-corrected chi connectivity index (χ1v) is 11.3. The molecule has 0 aromatic heterocycles. The molecule has 0 spiro atoms. The van der Waals surface area contributed by atoms with Crippen LogP contribution in [0.1, 0.15) is 23.6 Å². The Hall–Kier alpha value is -3.86. The van der Waals surface area contributed by atoms with Crippen molar-refractivity contribution < 1.29 is 22.3 Å². The molecule has 1 nitrogen and oxygen atoms in total. The van der Waals surface area contributed by atoms with E-state index < -0.39 is 23.3 Å². The van der Waals surface area contributed by atoms with Gasteiger partial charge in [-0.1, -0.05) is 79.4 Å². The Bertz CT molecular complexity index is 1340. The molecule has 0 saturated heterocycles. The number of rotatable bonds is 8. The van der Waals surface area contributed by atoms with E-state index in [0.717, 1.165) is 11.1 Å². The van der Waals surface area contributed by atoms with Gasteiger partial charge in [-0.2, -0.15) is 4.39 Å². The Labute approximate surface area is 202 Å². The zero-order chi connectivity index (χ0) is 24.9. The standard InChI is InChI=1S/C30H24F4O/c1-3-19-5-10-21(11-6-19)24-16-17-25(29(33)28(24)32)22-12-7-20(8-13-22)9-14-23-15-18-26(35-4-2)30(34)27(23)31/h3,5-8,10-13,15-18H,1,4,9,14H2,2H3. The maximum Gasteiger partial charge on any atom is 0.200 e. The van der Waals surface area contributed by atoms with Gasteiger partial charge in [0.1, 0.15) is 0 Å². The fourth-order valence-corrected chi connectivity index (χ4v) is 3.96. The van der Waals surface area contributed by atoms with E-state index in [1.807, 2.05) is 0 Å². The van der Waals surface area contributed by atoms with E-state index in [1.165, 1.54) is 12.1 Å². The van der Waals surface area contributed by atoms with Crippen LogP contribution in [0.3, 0.4) is 0 Å². The minimum Gasteiger partial charge on any atom is -0.491 e. The van der Waals surface area contributed by atoms with E-state index >= 15 is 0 Å². The largest absolute Gasteiger partial charge is 0.491 e. The highest BCUT2D eigenvalue weighted by molar-refractivity contribution is 5.72. The van der Waals surface area contributed by atoms with E-state index in [-0.39, 0.29) is 35.5 Å². The van der Waals surface area contributed by atoms with E-state index in [9.17, 15) is 17.6 Å². The van der Waals surface area contributed by atoms with Crippen molar-refractivity contribution in [2.45, 2.75) is 19.8 Å². The van der Waals surface area contributed by atoms with Crippen molar-refractivity contribution in [3.05, 3.63) is 119 Å². The smallest absolute Gasteiger partial charge is 0.200 e. The van der Waals surface area contributed by atoms with Gasteiger partial charge in [0, 0.05) is 11.1 Å². The normalized spacial score (nSPS) is 10.9. The molecule has 0 aliphatic rings. The second-order valence-electron chi connectivity index (χ2n) is 8.10. The first-order valence-electron chi connectivity index (χ1n) is 11.3. The molecule has 0 atom stereocenters. The maximum atomic E-state index is 14.9. The summed E-state index contributed by atoms with van der Waals surface area (Å²) < 4.78 is 63.3. The van der Waals surface area contributed by atoms with E-state index in [0.29, 0.717) is 17.5 Å². The van der Waals surface area contributed by atoms with Crippen molar-refractivity contribution in [2.75, 3.05) is 6.61 Å². The Morgan fingerprint density at radius 3 is 1.77 bits per heavy atom. The second-order valence-corrected chi connectivity index (χ2v) is 8.10. The van der Waals surface area contributed by atoms with Gasteiger partial charge in [0.05, 0.1) is 6.61 Å². The van der Waals surface area contributed by atoms with Crippen molar-refractivity contribution in [2.24, 2.45) is 0 Å². The van der Waals surface area contributed by atoms with Gasteiger partial charge >= 0.3 is 0 Å². The molecule has 5 heteroatoms. The highest BCUT2D eigenvalue weighted by Crippen LogP contribution is 2.32. The molecule has 4 aromatic rings. The summed E-state index contributed by atoms with van der Waals surface area (Å²) >= 11 is 0. The molecule has 0 aliphatic heterocycles. The van der Waals surface area contributed by atoms with E-state index in [2.05, 4.69) is 6.58 Å². The number of halogens is 4. The Kier molecular flexibility index (Phi) is 7.35. The Morgan fingerprint density at radius 2 is 1.23 bits per heavy atom. The molecule has 0 saturated carbocycles. The number of aryl methyl sites for hydroxylation is 2. The van der Waals surface area contributed by atoms with Crippen molar-refractivity contribution in [3.63, 3.8) is 0 Å². The van der Waals surface area contributed by atoms with Gasteiger partial charge in [0.15, 0.2) is 23.2 Å². The van der Waals surface area contributed by atoms with Gasteiger partial charge in [-0.25, -0.2) is 13.2 Å². The third-order valence-corrected chi connectivity index (χ3v) is 5.91. The summed E-state index contributed by atoms with van der Waals surface area (Å²) in [5.41, 5.74) is 3.44. The van der Waals surface area contributed by atoms with Gasteiger partial charge in [0.25, 0.3) is 0 Å². The molecule has 0 heterocycles. The molecule has 4 aromatic carbocycles. The third-order valence-electron chi connectivity index (χ3n) is 5.91. The molecule has 35 heavy (non-hydrogen) atoms. The Balaban J connectivity index is 1.50. The highest BCUT2D eigenvalue weighted by Gasteiger charge is 2.17. The van der Waals surface area contributed by atoms with Crippen LogP contribution in [0.4, 0.5) is 17.6 Å². The number of ether oxygens (including phenoxy) is 1. The number of benzene rings is 4. The first kappa shape index (κ1) is 24.3. The van der Waals surface area contributed by atoms with Crippen LogP contribution in [-0.2, 0) is 12.8 Å². The Morgan fingerprint density at radius 1 is 0.657 bits per heavy atom. The van der Waals surface area contributed by atoms with Crippen molar-refractivity contribution >= 4 is 6.08 Å². The topological polar surface area (TPSA) is 9.23 Å². The van der Waals surface area contributed by atoms with Crippen LogP contribution < -0.4 is 4.74 Å². The summed E-state index contributed by atoms with van der Waals surface area (Å²) in [7, 11) is 0. The zero-order valence-corrected chi connectivity index (χ0v) is 19.3. The lowest BCUT2D eigenvalue weighted by Gasteiger charge is -2.11. The van der Waals surface area contributed by atoms with E-state index in [1.54, 1.807) is 73.7 Å². The van der Waals surface area contributed by atoms with Crippen molar-refractivity contribution in [3.8, 4) is 28.0 Å². The SMILES string of the molecule is C=Cc1ccc(-c2ccc(-c3ccc(CCc4ccc(OCC)c(F)c4F)cc3)c(F)c2F)cc1. The summed E-state index contributed by atoms with van der Waals surface area (Å²) in [4.78, 5) is 0. The lowest BCUT2D eigenvalue weighted by atomic mass is 9.96. The quantitative estimate of drug-likeness (QED) is 0.232. The van der Waals surface area contributed by atoms with E-state index in [4.69, 9.17) is 4.74 Å². The summed E-state index contributed by atoms with van der Waals surface area (Å²) in [5, 5.41) is 0. The predicted octanol–water partition coefficient (Wildman–Crippen LogP) is 8.40. The van der Waals surface area contributed by atoms with Crippen LogP contribution in [-0.4, -0.2) is 6.61 Å². The first-order chi connectivity index (χ1) is 16.9. The van der Waals surface area contributed by atoms with Crippen LogP contribution in [0.5, 0.6) is 5.75 Å².